The van der Waals surface area contributed by atoms with Crippen LogP contribution < -0.4 is 0 Å². The maximum absolute atomic E-state index is 12.8. The average molecular weight is 288 g/mol. The third-order valence-corrected chi connectivity index (χ3v) is 5.53. The van der Waals surface area contributed by atoms with Gasteiger partial charge in [-0.25, -0.2) is 0 Å². The van der Waals surface area contributed by atoms with E-state index in [0.29, 0.717) is 6.61 Å². The number of hydrogen-bond donors (Lipinski definition) is 0. The van der Waals surface area contributed by atoms with Gasteiger partial charge in [-0.15, -0.1) is 11.3 Å². The molecule has 0 bridgehead atoms. The molecule has 1 amide bonds. The molecule has 2 aliphatic rings. The molecule has 20 heavy (non-hydrogen) atoms. The molecule has 1 atom stereocenters. The Morgan fingerprint density at radius 2 is 2.40 bits per heavy atom. The van der Waals surface area contributed by atoms with E-state index in [1.165, 1.54) is 11.3 Å². The van der Waals surface area contributed by atoms with Crippen LogP contribution in [0.4, 0.5) is 0 Å². The van der Waals surface area contributed by atoms with Gasteiger partial charge < -0.3 is 9.64 Å². The number of thiophene rings is 1. The molecule has 2 aromatic rings. The normalized spacial score (nSPS) is 25.9. The fourth-order valence-electron chi connectivity index (χ4n) is 3.38. The molecule has 2 aromatic heterocycles. The predicted octanol–water partition coefficient (Wildman–Crippen LogP) is 2.69. The summed E-state index contributed by atoms with van der Waals surface area (Å²) in [6.07, 6.45) is 6.73. The molecular weight excluding hydrogens is 272 g/mol. The number of carbonyl (C=O) groups excluding carboxylic acids is 1. The summed E-state index contributed by atoms with van der Waals surface area (Å²) in [6.45, 7) is 2.33. The summed E-state index contributed by atoms with van der Waals surface area (Å²) in [5.74, 6) is 0.161. The predicted molar refractivity (Wildman–Crippen MR) is 78.1 cm³/mol. The topological polar surface area (TPSA) is 42.4 Å². The minimum Gasteiger partial charge on any atom is -0.379 e. The van der Waals surface area contributed by atoms with Crippen LogP contribution in [0.3, 0.4) is 0 Å². The van der Waals surface area contributed by atoms with Crippen molar-refractivity contribution in [3.05, 3.63) is 29.4 Å². The van der Waals surface area contributed by atoms with Crippen LogP contribution in [-0.2, 0) is 4.74 Å². The minimum absolute atomic E-state index is 0.0362. The average Bonchev–Trinajstić information content (AvgIpc) is 3.18. The molecule has 0 N–H and O–H groups in total. The van der Waals surface area contributed by atoms with Crippen LogP contribution in [0.1, 0.15) is 28.9 Å². The first-order chi connectivity index (χ1) is 9.78. The van der Waals surface area contributed by atoms with Crippen molar-refractivity contribution in [2.24, 2.45) is 0 Å². The van der Waals surface area contributed by atoms with Gasteiger partial charge in [-0.1, -0.05) is 0 Å². The minimum atomic E-state index is -0.0362. The second-order valence-corrected chi connectivity index (χ2v) is 6.70. The smallest absolute Gasteiger partial charge is 0.264 e. The van der Waals surface area contributed by atoms with Crippen LogP contribution in [0, 0.1) is 0 Å². The van der Waals surface area contributed by atoms with Gasteiger partial charge in [-0.3, -0.25) is 9.78 Å². The highest BCUT2D eigenvalue weighted by atomic mass is 32.1. The van der Waals surface area contributed by atoms with Gasteiger partial charge in [0.15, 0.2) is 0 Å². The fourth-order valence-corrected chi connectivity index (χ4v) is 4.36. The zero-order valence-corrected chi connectivity index (χ0v) is 12.0. The Morgan fingerprint density at radius 1 is 1.45 bits per heavy atom. The monoisotopic (exact) mass is 288 g/mol. The molecule has 0 saturated carbocycles. The first-order valence-corrected chi connectivity index (χ1v) is 7.83. The third-order valence-electron chi connectivity index (χ3n) is 4.46. The van der Waals surface area contributed by atoms with Gasteiger partial charge in [0.25, 0.3) is 5.91 Å². The molecule has 4 heterocycles. The highest BCUT2D eigenvalue weighted by Gasteiger charge is 2.46. The van der Waals surface area contributed by atoms with Crippen LogP contribution in [0.25, 0.3) is 10.1 Å². The van der Waals surface area contributed by atoms with E-state index in [2.05, 4.69) is 9.88 Å². The van der Waals surface area contributed by atoms with Crippen molar-refractivity contribution in [1.29, 1.82) is 0 Å². The largest absolute Gasteiger partial charge is 0.379 e. The van der Waals surface area contributed by atoms with E-state index in [4.69, 9.17) is 4.74 Å². The van der Waals surface area contributed by atoms with E-state index in [1.807, 2.05) is 18.3 Å². The number of fused-ring (bicyclic) bond motifs is 1. The second-order valence-electron chi connectivity index (χ2n) is 5.61. The van der Waals surface area contributed by atoms with Crippen molar-refractivity contribution >= 4 is 27.3 Å². The van der Waals surface area contributed by atoms with Crippen molar-refractivity contribution in [3.63, 3.8) is 0 Å². The Kier molecular flexibility index (Phi) is 2.79. The molecule has 1 spiro atoms. The van der Waals surface area contributed by atoms with Crippen molar-refractivity contribution in [1.82, 2.24) is 9.88 Å². The number of carbonyl (C=O) groups is 1. The number of likely N-dealkylation sites (tertiary alicyclic amines) is 1. The van der Waals surface area contributed by atoms with Crippen LogP contribution in [0.5, 0.6) is 0 Å². The lowest BCUT2D eigenvalue weighted by molar-refractivity contribution is 0.0555. The van der Waals surface area contributed by atoms with Crippen LogP contribution >= 0.6 is 11.3 Å². The van der Waals surface area contributed by atoms with E-state index < -0.39 is 0 Å². The molecule has 2 aliphatic heterocycles. The van der Waals surface area contributed by atoms with Gasteiger partial charge in [0.1, 0.15) is 0 Å². The molecule has 2 saturated heterocycles. The van der Waals surface area contributed by atoms with Crippen LogP contribution in [0.2, 0.25) is 0 Å². The van der Waals surface area contributed by atoms with Gasteiger partial charge >= 0.3 is 0 Å². The zero-order valence-electron chi connectivity index (χ0n) is 11.2. The summed E-state index contributed by atoms with van der Waals surface area (Å²) < 4.78 is 6.63. The van der Waals surface area contributed by atoms with E-state index in [1.54, 1.807) is 6.20 Å². The quantitative estimate of drug-likeness (QED) is 0.810. The van der Waals surface area contributed by atoms with Crippen molar-refractivity contribution in [3.8, 4) is 0 Å². The molecule has 1 unspecified atom stereocenters. The number of aromatic nitrogens is 1. The van der Waals surface area contributed by atoms with E-state index in [9.17, 15) is 4.79 Å². The highest BCUT2D eigenvalue weighted by Crippen LogP contribution is 2.38. The Balaban J connectivity index is 1.69. The number of nitrogens with zero attached hydrogens (tertiary/aromatic N) is 2. The second kappa shape index (κ2) is 4.53. The summed E-state index contributed by atoms with van der Waals surface area (Å²) in [5, 5.41) is 1.10. The molecule has 2 fully saturated rings. The summed E-state index contributed by atoms with van der Waals surface area (Å²) in [7, 11) is 0. The molecule has 0 aromatic carbocycles. The molecular formula is C15H16N2O2S. The number of ether oxygens (including phenoxy) is 1. The van der Waals surface area contributed by atoms with Gasteiger partial charge in [0.05, 0.1) is 21.7 Å². The van der Waals surface area contributed by atoms with Crippen molar-refractivity contribution < 1.29 is 9.53 Å². The fraction of sp³-hybridized carbons (Fsp3) is 0.467. The summed E-state index contributed by atoms with van der Waals surface area (Å²) >= 11 is 1.54. The Morgan fingerprint density at radius 3 is 3.20 bits per heavy atom. The van der Waals surface area contributed by atoms with Gasteiger partial charge in [0, 0.05) is 25.5 Å². The van der Waals surface area contributed by atoms with Crippen molar-refractivity contribution in [2.45, 2.75) is 24.8 Å². The lowest BCUT2D eigenvalue weighted by atomic mass is 9.95. The molecule has 104 valence electrons. The van der Waals surface area contributed by atoms with E-state index in [0.717, 1.165) is 47.4 Å². The first kappa shape index (κ1) is 12.3. The standard InChI is InChI=1S/C15H16N2O2S/c18-14(12-8-11-2-5-16-9-13(11)20-12)17-6-1-3-15(17)4-7-19-10-15/h2,5,8-9H,1,3-4,6-7,10H2. The number of rotatable bonds is 1. The third kappa shape index (κ3) is 1.77. The summed E-state index contributed by atoms with van der Waals surface area (Å²) in [6, 6.07) is 3.95. The van der Waals surface area contributed by atoms with Crippen LogP contribution in [0.15, 0.2) is 24.5 Å². The number of amides is 1. The van der Waals surface area contributed by atoms with Crippen LogP contribution in [-0.4, -0.2) is 41.1 Å². The maximum Gasteiger partial charge on any atom is 0.264 e. The SMILES string of the molecule is O=C(c1cc2ccncc2s1)N1CCCC12CCOC2. The zero-order chi connectivity index (χ0) is 13.6. The summed E-state index contributed by atoms with van der Waals surface area (Å²) in [5.41, 5.74) is -0.0362. The first-order valence-electron chi connectivity index (χ1n) is 7.02. The molecule has 4 nitrogen and oxygen atoms in total. The lowest BCUT2D eigenvalue weighted by Gasteiger charge is -2.33. The van der Waals surface area contributed by atoms with E-state index in [-0.39, 0.29) is 11.4 Å². The lowest BCUT2D eigenvalue weighted by Crippen LogP contribution is -2.47. The Labute approximate surface area is 121 Å². The molecule has 4 rings (SSSR count). The number of hydrogen-bond acceptors (Lipinski definition) is 4. The maximum atomic E-state index is 12.8. The molecule has 0 aliphatic carbocycles. The van der Waals surface area contributed by atoms with Crippen molar-refractivity contribution in [2.75, 3.05) is 19.8 Å². The molecule has 0 radical (unpaired) electrons. The molecule has 5 heteroatoms. The Bertz CT molecular complexity index is 622. The van der Waals surface area contributed by atoms with Gasteiger partial charge in [-0.05, 0) is 36.8 Å². The van der Waals surface area contributed by atoms with Gasteiger partial charge in [0.2, 0.25) is 0 Å². The number of pyridine rings is 1. The van der Waals surface area contributed by atoms with E-state index >= 15 is 0 Å². The highest BCUT2D eigenvalue weighted by molar-refractivity contribution is 7.20. The van der Waals surface area contributed by atoms with Gasteiger partial charge in [-0.2, -0.15) is 0 Å². The summed E-state index contributed by atoms with van der Waals surface area (Å²) in [4.78, 5) is 19.8. The Hall–Kier alpha value is -1.46.